The molecule has 0 atom stereocenters. The lowest BCUT2D eigenvalue weighted by molar-refractivity contribution is 0.0773. The van der Waals surface area contributed by atoms with Crippen LogP contribution in [-0.2, 0) is 10.0 Å². The second kappa shape index (κ2) is 7.60. The number of halogens is 2. The Kier molecular flexibility index (Phi) is 5.73. The number of sulfonamides is 1. The van der Waals surface area contributed by atoms with Crippen molar-refractivity contribution in [3.63, 3.8) is 0 Å². The number of rotatable bonds is 6. The van der Waals surface area contributed by atoms with Gasteiger partial charge < -0.3 is 4.90 Å². The van der Waals surface area contributed by atoms with Gasteiger partial charge in [-0.15, -0.1) is 0 Å². The summed E-state index contributed by atoms with van der Waals surface area (Å²) in [4.78, 5) is 13.4. The molecule has 0 saturated carbocycles. The number of hydrogen-bond donors (Lipinski definition) is 1. The van der Waals surface area contributed by atoms with Crippen LogP contribution in [0.5, 0.6) is 0 Å². The van der Waals surface area contributed by atoms with Crippen LogP contribution >= 0.6 is 0 Å². The summed E-state index contributed by atoms with van der Waals surface area (Å²) < 4.78 is 53.3. The van der Waals surface area contributed by atoms with Crippen LogP contribution in [-0.4, -0.2) is 32.3 Å². The summed E-state index contributed by atoms with van der Waals surface area (Å²) in [5.41, 5.74) is 0.442. The maximum Gasteiger partial charge on any atom is 0.262 e. The second-order valence-corrected chi connectivity index (χ2v) is 6.95. The van der Waals surface area contributed by atoms with Crippen molar-refractivity contribution in [3.8, 4) is 0 Å². The predicted octanol–water partition coefficient (Wildman–Crippen LogP) is 3.25. The van der Waals surface area contributed by atoms with Crippen molar-refractivity contribution in [2.24, 2.45) is 0 Å². The summed E-state index contributed by atoms with van der Waals surface area (Å²) >= 11 is 0. The van der Waals surface area contributed by atoms with Crippen molar-refractivity contribution in [1.29, 1.82) is 0 Å². The van der Waals surface area contributed by atoms with Crippen LogP contribution in [0.25, 0.3) is 0 Å². The maximum atomic E-state index is 13.3. The molecule has 0 aliphatic carbocycles. The molecule has 0 saturated heterocycles. The number of hydrogen-bond acceptors (Lipinski definition) is 3. The molecule has 5 nitrogen and oxygen atoms in total. The molecular formula is C17H18F2N2O3S. The molecule has 0 aromatic heterocycles. The molecule has 0 unspecified atom stereocenters. The zero-order valence-electron chi connectivity index (χ0n) is 13.8. The quantitative estimate of drug-likeness (QED) is 0.851. The first-order chi connectivity index (χ1) is 11.8. The maximum absolute atomic E-state index is 13.3. The van der Waals surface area contributed by atoms with Crippen LogP contribution in [0.2, 0.25) is 0 Å². The van der Waals surface area contributed by atoms with Gasteiger partial charge in [0.25, 0.3) is 15.9 Å². The molecule has 0 spiro atoms. The molecule has 2 aromatic rings. The molecular weight excluding hydrogens is 350 g/mol. The molecule has 0 aliphatic heterocycles. The Morgan fingerprint density at radius 1 is 1.04 bits per heavy atom. The van der Waals surface area contributed by atoms with Crippen LogP contribution in [0, 0.1) is 11.6 Å². The lowest BCUT2D eigenvalue weighted by atomic mass is 10.2. The van der Waals surface area contributed by atoms with Gasteiger partial charge in [0.1, 0.15) is 11.6 Å². The van der Waals surface area contributed by atoms with Gasteiger partial charge in [-0.05, 0) is 44.2 Å². The summed E-state index contributed by atoms with van der Waals surface area (Å²) in [5.74, 6) is -2.22. The number of carbonyl (C=O) groups is 1. The van der Waals surface area contributed by atoms with E-state index in [9.17, 15) is 22.0 Å². The molecule has 2 aromatic carbocycles. The van der Waals surface area contributed by atoms with Gasteiger partial charge in [-0.3, -0.25) is 9.52 Å². The topological polar surface area (TPSA) is 66.5 Å². The summed E-state index contributed by atoms with van der Waals surface area (Å²) in [7, 11) is -4.19. The fourth-order valence-corrected chi connectivity index (χ4v) is 3.40. The van der Waals surface area contributed by atoms with Gasteiger partial charge in [-0.1, -0.05) is 6.07 Å². The van der Waals surface area contributed by atoms with E-state index in [4.69, 9.17) is 0 Å². The second-order valence-electron chi connectivity index (χ2n) is 5.27. The molecule has 0 heterocycles. The van der Waals surface area contributed by atoms with Crippen LogP contribution in [0.1, 0.15) is 24.2 Å². The van der Waals surface area contributed by atoms with Crippen molar-refractivity contribution in [1.82, 2.24) is 4.90 Å². The Morgan fingerprint density at radius 3 is 2.20 bits per heavy atom. The number of nitrogens with zero attached hydrogens (tertiary/aromatic N) is 1. The highest BCUT2D eigenvalue weighted by molar-refractivity contribution is 7.92. The average molecular weight is 368 g/mol. The standard InChI is InChI=1S/C17H18F2N2O3S/c1-3-21(4-2)17(22)12-6-5-7-15(8-12)20-25(23,24)16-10-13(18)9-14(19)11-16/h5-11,20H,3-4H2,1-2H3. The van der Waals surface area contributed by atoms with Crippen molar-refractivity contribution in [2.75, 3.05) is 17.8 Å². The summed E-state index contributed by atoms with van der Waals surface area (Å²) in [5, 5.41) is 0. The van der Waals surface area contributed by atoms with E-state index < -0.39 is 26.6 Å². The van der Waals surface area contributed by atoms with Gasteiger partial charge in [0.05, 0.1) is 4.90 Å². The normalized spacial score (nSPS) is 11.2. The van der Waals surface area contributed by atoms with E-state index in [1.54, 1.807) is 11.0 Å². The third-order valence-corrected chi connectivity index (χ3v) is 4.92. The Hall–Kier alpha value is -2.48. The zero-order chi connectivity index (χ0) is 18.6. The molecule has 8 heteroatoms. The first-order valence-electron chi connectivity index (χ1n) is 7.65. The van der Waals surface area contributed by atoms with Crippen LogP contribution < -0.4 is 4.72 Å². The number of amides is 1. The fraction of sp³-hybridized carbons (Fsp3) is 0.235. The fourth-order valence-electron chi connectivity index (χ4n) is 2.31. The van der Waals surface area contributed by atoms with E-state index in [0.29, 0.717) is 24.7 Å². The van der Waals surface area contributed by atoms with Gasteiger partial charge in [0, 0.05) is 30.4 Å². The highest BCUT2D eigenvalue weighted by Crippen LogP contribution is 2.20. The molecule has 0 aliphatic rings. The molecule has 0 bridgehead atoms. The lowest BCUT2D eigenvalue weighted by Crippen LogP contribution is -2.30. The Labute approximate surface area is 145 Å². The monoisotopic (exact) mass is 368 g/mol. The minimum Gasteiger partial charge on any atom is -0.339 e. The van der Waals surface area contributed by atoms with Crippen molar-refractivity contribution in [3.05, 3.63) is 59.7 Å². The van der Waals surface area contributed by atoms with E-state index >= 15 is 0 Å². The summed E-state index contributed by atoms with van der Waals surface area (Å²) in [6.45, 7) is 4.72. The lowest BCUT2D eigenvalue weighted by Gasteiger charge is -2.19. The summed E-state index contributed by atoms with van der Waals surface area (Å²) in [6, 6.07) is 7.95. The van der Waals surface area contributed by atoms with E-state index in [1.807, 2.05) is 13.8 Å². The van der Waals surface area contributed by atoms with Crippen LogP contribution in [0.4, 0.5) is 14.5 Å². The predicted molar refractivity (Wildman–Crippen MR) is 90.9 cm³/mol. The molecule has 134 valence electrons. The van der Waals surface area contributed by atoms with Gasteiger partial charge >= 0.3 is 0 Å². The largest absolute Gasteiger partial charge is 0.339 e. The van der Waals surface area contributed by atoms with E-state index in [1.165, 1.54) is 18.2 Å². The van der Waals surface area contributed by atoms with Gasteiger partial charge in [0.2, 0.25) is 0 Å². The van der Waals surface area contributed by atoms with E-state index in [0.717, 1.165) is 12.1 Å². The average Bonchev–Trinajstić information content (AvgIpc) is 2.55. The summed E-state index contributed by atoms with van der Waals surface area (Å²) in [6.07, 6.45) is 0. The molecule has 1 amide bonds. The number of carbonyl (C=O) groups excluding carboxylic acids is 1. The number of benzene rings is 2. The van der Waals surface area contributed by atoms with Crippen LogP contribution in [0.3, 0.4) is 0 Å². The van der Waals surface area contributed by atoms with E-state index in [-0.39, 0.29) is 11.6 Å². The van der Waals surface area contributed by atoms with Gasteiger partial charge in [-0.2, -0.15) is 0 Å². The highest BCUT2D eigenvalue weighted by Gasteiger charge is 2.18. The third kappa shape index (κ3) is 4.54. The number of nitrogens with one attached hydrogen (secondary N) is 1. The third-order valence-electron chi connectivity index (χ3n) is 3.56. The Balaban J connectivity index is 2.31. The zero-order valence-corrected chi connectivity index (χ0v) is 14.6. The van der Waals surface area contributed by atoms with Crippen molar-refractivity contribution in [2.45, 2.75) is 18.7 Å². The number of anilines is 1. The van der Waals surface area contributed by atoms with Crippen molar-refractivity contribution >= 4 is 21.6 Å². The van der Waals surface area contributed by atoms with E-state index in [2.05, 4.69) is 4.72 Å². The van der Waals surface area contributed by atoms with Crippen molar-refractivity contribution < 1.29 is 22.0 Å². The molecule has 1 N–H and O–H groups in total. The van der Waals surface area contributed by atoms with Crippen LogP contribution in [0.15, 0.2) is 47.4 Å². The van der Waals surface area contributed by atoms with Gasteiger partial charge in [0.15, 0.2) is 0 Å². The first-order valence-corrected chi connectivity index (χ1v) is 9.13. The molecule has 0 radical (unpaired) electrons. The van der Waals surface area contributed by atoms with Gasteiger partial charge in [-0.25, -0.2) is 17.2 Å². The molecule has 25 heavy (non-hydrogen) atoms. The molecule has 2 rings (SSSR count). The minimum atomic E-state index is -4.19. The SMILES string of the molecule is CCN(CC)C(=O)c1cccc(NS(=O)(=O)c2cc(F)cc(F)c2)c1. The smallest absolute Gasteiger partial charge is 0.262 e. The minimum absolute atomic E-state index is 0.127. The Bertz CT molecular complexity index is 861. The first kappa shape index (κ1) is 18.9. The highest BCUT2D eigenvalue weighted by atomic mass is 32.2. The Morgan fingerprint density at radius 2 is 1.64 bits per heavy atom. The molecule has 0 fully saturated rings.